The molecule has 0 saturated carbocycles. The molecule has 0 aromatic heterocycles. The molecule has 124 valence electrons. The third-order valence-corrected chi connectivity index (χ3v) is 4.71. The highest BCUT2D eigenvalue weighted by Gasteiger charge is 2.41. The first kappa shape index (κ1) is 15.7. The molecule has 2 aliphatic rings. The number of nitrogens with one attached hydrogen (secondary N) is 1. The van der Waals surface area contributed by atoms with Gasteiger partial charge < -0.3 is 5.32 Å². The fraction of sp³-hybridized carbons (Fsp3) is 0.111. The predicted octanol–water partition coefficient (Wildman–Crippen LogP) is 2.65. The molecule has 1 fully saturated rings. The maximum Gasteiger partial charge on any atom is 0.310 e. The topological polar surface area (TPSA) is 78.8 Å². The molecule has 4 rings (SSSR count). The van der Waals surface area contributed by atoms with Crippen LogP contribution in [0.5, 0.6) is 0 Å². The summed E-state index contributed by atoms with van der Waals surface area (Å²) in [4.78, 5) is 36.5. The molecule has 6 nitrogen and oxygen atoms in total. The van der Waals surface area contributed by atoms with Gasteiger partial charge in [-0.15, -0.1) is 0 Å². The first-order chi connectivity index (χ1) is 12.0. The monoisotopic (exact) mass is 397 g/mol. The average molecular weight is 398 g/mol. The van der Waals surface area contributed by atoms with Gasteiger partial charge in [-0.3, -0.25) is 14.4 Å². The lowest BCUT2D eigenvalue weighted by atomic mass is 10.1. The fourth-order valence-corrected chi connectivity index (χ4v) is 3.36. The van der Waals surface area contributed by atoms with Crippen molar-refractivity contribution in [2.45, 2.75) is 12.5 Å². The second-order valence-corrected chi connectivity index (χ2v) is 6.71. The third kappa shape index (κ3) is 2.66. The van der Waals surface area contributed by atoms with Gasteiger partial charge in [0.05, 0.1) is 11.7 Å². The molecular weight excluding hydrogens is 386 g/mol. The van der Waals surface area contributed by atoms with Gasteiger partial charge in [0, 0.05) is 16.5 Å². The lowest BCUT2D eigenvalue weighted by Gasteiger charge is -2.19. The minimum absolute atomic E-state index is 0.0482. The van der Waals surface area contributed by atoms with Gasteiger partial charge in [-0.2, -0.15) is 5.10 Å². The number of fused-ring (bicyclic) bond motifs is 1. The van der Waals surface area contributed by atoms with Crippen molar-refractivity contribution in [2.75, 3.05) is 5.32 Å². The van der Waals surface area contributed by atoms with Crippen LogP contribution in [0.25, 0.3) is 0 Å². The number of anilines is 1. The molecule has 0 unspecified atom stereocenters. The van der Waals surface area contributed by atoms with E-state index in [2.05, 4.69) is 26.3 Å². The Labute approximate surface area is 151 Å². The number of carbonyl (C=O) groups is 3. The van der Waals surface area contributed by atoms with E-state index in [1.54, 1.807) is 18.2 Å². The molecule has 7 heteroatoms. The highest BCUT2D eigenvalue weighted by Crippen LogP contribution is 2.33. The Morgan fingerprint density at radius 1 is 1.08 bits per heavy atom. The number of carbonyl (C=O) groups excluding carboxylic acids is 3. The van der Waals surface area contributed by atoms with Gasteiger partial charge in [-0.05, 0) is 23.8 Å². The van der Waals surface area contributed by atoms with Crippen LogP contribution in [0.1, 0.15) is 23.6 Å². The number of benzene rings is 2. The molecule has 2 amide bonds. The molecule has 2 aliphatic heterocycles. The highest BCUT2D eigenvalue weighted by molar-refractivity contribution is 9.10. The van der Waals surface area contributed by atoms with Crippen molar-refractivity contribution in [2.24, 2.45) is 5.10 Å². The summed E-state index contributed by atoms with van der Waals surface area (Å²) in [5.74, 6) is -1.60. The Kier molecular flexibility index (Phi) is 3.73. The van der Waals surface area contributed by atoms with E-state index in [1.807, 2.05) is 30.3 Å². The van der Waals surface area contributed by atoms with E-state index in [-0.39, 0.29) is 12.1 Å². The van der Waals surface area contributed by atoms with Crippen LogP contribution in [-0.4, -0.2) is 28.3 Å². The Morgan fingerprint density at radius 3 is 2.60 bits per heavy atom. The Hall–Kier alpha value is -2.80. The van der Waals surface area contributed by atoms with E-state index in [4.69, 9.17) is 0 Å². The molecule has 0 spiro atoms. The van der Waals surface area contributed by atoms with Crippen LogP contribution in [0.15, 0.2) is 58.1 Å². The lowest BCUT2D eigenvalue weighted by Crippen LogP contribution is -2.28. The molecule has 1 atom stereocenters. The van der Waals surface area contributed by atoms with Crippen molar-refractivity contribution in [3.05, 3.63) is 64.1 Å². The second-order valence-electron chi connectivity index (χ2n) is 5.80. The van der Waals surface area contributed by atoms with Crippen LogP contribution in [0.2, 0.25) is 0 Å². The van der Waals surface area contributed by atoms with Gasteiger partial charge >= 0.3 is 5.91 Å². The minimum atomic E-state index is -0.697. The van der Waals surface area contributed by atoms with Gasteiger partial charge in [-0.1, -0.05) is 46.3 Å². The van der Waals surface area contributed by atoms with E-state index in [0.29, 0.717) is 11.3 Å². The predicted molar refractivity (Wildman–Crippen MR) is 95.0 cm³/mol. The summed E-state index contributed by atoms with van der Waals surface area (Å²) in [7, 11) is 0. The van der Waals surface area contributed by atoms with E-state index in [1.165, 1.54) is 0 Å². The number of halogens is 1. The van der Waals surface area contributed by atoms with Gasteiger partial charge in [0.1, 0.15) is 0 Å². The summed E-state index contributed by atoms with van der Waals surface area (Å²) in [5, 5.41) is 8.12. The summed E-state index contributed by atoms with van der Waals surface area (Å²) >= 11 is 3.37. The van der Waals surface area contributed by atoms with Crippen LogP contribution in [0, 0.1) is 0 Å². The number of hydrazone groups is 1. The summed E-state index contributed by atoms with van der Waals surface area (Å²) in [6, 6.07) is 14.0. The summed E-state index contributed by atoms with van der Waals surface area (Å²) in [5.41, 5.74) is 2.15. The van der Waals surface area contributed by atoms with E-state index in [0.717, 1.165) is 15.0 Å². The summed E-state index contributed by atoms with van der Waals surface area (Å²) < 4.78 is 0.791. The summed E-state index contributed by atoms with van der Waals surface area (Å²) in [6.45, 7) is 0. The number of amides is 2. The standard InChI is InChI=1S/C18H12BrN3O3/c19-11-6-7-13-12(8-11)16(17(24)20-13)21-22-14(9-15(23)18(22)25)10-4-2-1-3-5-10/h1-8,14H,9H2,(H,20,21,24)/t14-/m1/s1. The number of hydrogen-bond donors (Lipinski definition) is 1. The van der Waals surface area contributed by atoms with Crippen LogP contribution >= 0.6 is 15.9 Å². The van der Waals surface area contributed by atoms with Gasteiger partial charge in [0.2, 0.25) is 5.78 Å². The quantitative estimate of drug-likeness (QED) is 0.791. The van der Waals surface area contributed by atoms with Crippen molar-refractivity contribution in [3.63, 3.8) is 0 Å². The molecule has 2 aromatic carbocycles. The van der Waals surface area contributed by atoms with Crippen LogP contribution in [0.4, 0.5) is 5.69 Å². The largest absolute Gasteiger partial charge is 0.320 e. The van der Waals surface area contributed by atoms with Crippen LogP contribution in [0.3, 0.4) is 0 Å². The van der Waals surface area contributed by atoms with Crippen LogP contribution < -0.4 is 5.32 Å². The van der Waals surface area contributed by atoms with E-state index >= 15 is 0 Å². The first-order valence-corrected chi connectivity index (χ1v) is 8.45. The second kappa shape index (κ2) is 5.93. The molecule has 2 heterocycles. The Bertz CT molecular complexity index is 940. The first-order valence-electron chi connectivity index (χ1n) is 7.66. The number of hydrogen-bond acceptors (Lipinski definition) is 4. The number of ketones is 1. The van der Waals surface area contributed by atoms with E-state index in [9.17, 15) is 14.4 Å². The average Bonchev–Trinajstić information content (AvgIpc) is 3.07. The SMILES string of the molecule is O=C1C[C@H](c2ccccc2)N(/N=C2\C(=O)Nc3ccc(Br)cc32)C1=O. The Balaban J connectivity index is 1.79. The van der Waals surface area contributed by atoms with Crippen molar-refractivity contribution >= 4 is 44.9 Å². The van der Waals surface area contributed by atoms with Crippen molar-refractivity contribution in [1.29, 1.82) is 0 Å². The molecular formula is C18H12BrN3O3. The van der Waals surface area contributed by atoms with Crippen molar-refractivity contribution in [3.8, 4) is 0 Å². The third-order valence-electron chi connectivity index (χ3n) is 4.21. The molecule has 0 aliphatic carbocycles. The zero-order valence-corrected chi connectivity index (χ0v) is 14.5. The summed E-state index contributed by atoms with van der Waals surface area (Å²) in [6.07, 6.45) is 0.0482. The van der Waals surface area contributed by atoms with Crippen molar-refractivity contribution in [1.82, 2.24) is 5.01 Å². The molecule has 1 N–H and O–H groups in total. The number of Topliss-reactive ketones (excluding diaryl/α,β-unsaturated/α-hetero) is 1. The molecule has 1 saturated heterocycles. The van der Waals surface area contributed by atoms with E-state index < -0.39 is 23.6 Å². The Morgan fingerprint density at radius 2 is 1.84 bits per heavy atom. The zero-order valence-electron chi connectivity index (χ0n) is 12.9. The molecule has 2 aromatic rings. The lowest BCUT2D eigenvalue weighted by molar-refractivity contribution is -0.140. The zero-order chi connectivity index (χ0) is 17.6. The van der Waals surface area contributed by atoms with Crippen molar-refractivity contribution < 1.29 is 14.4 Å². The smallest absolute Gasteiger partial charge is 0.310 e. The van der Waals surface area contributed by atoms with Crippen LogP contribution in [-0.2, 0) is 14.4 Å². The molecule has 25 heavy (non-hydrogen) atoms. The fourth-order valence-electron chi connectivity index (χ4n) is 3.00. The normalized spacial score (nSPS) is 21.0. The molecule has 0 bridgehead atoms. The van der Waals surface area contributed by atoms with Gasteiger partial charge in [0.25, 0.3) is 5.91 Å². The van der Waals surface area contributed by atoms with Gasteiger partial charge in [-0.25, -0.2) is 5.01 Å². The maximum absolute atomic E-state index is 12.3. The molecule has 0 radical (unpaired) electrons. The minimum Gasteiger partial charge on any atom is -0.320 e. The number of rotatable bonds is 2. The maximum atomic E-state index is 12.3. The number of nitrogens with zero attached hydrogens (tertiary/aromatic N) is 2. The van der Waals surface area contributed by atoms with Gasteiger partial charge in [0.15, 0.2) is 5.71 Å². The highest BCUT2D eigenvalue weighted by atomic mass is 79.9.